The number of halogens is 3. The van der Waals surface area contributed by atoms with Crippen LogP contribution in [0.2, 0.25) is 0 Å². The van der Waals surface area contributed by atoms with Crippen molar-refractivity contribution in [2.75, 3.05) is 18.4 Å². The quantitative estimate of drug-likeness (QED) is 0.793. The molecule has 3 rings (SSSR count). The zero-order chi connectivity index (χ0) is 21.2. The summed E-state index contributed by atoms with van der Waals surface area (Å²) in [5.41, 5.74) is -0.290. The number of aromatic nitrogens is 1. The summed E-state index contributed by atoms with van der Waals surface area (Å²) < 4.78 is 43.3. The summed E-state index contributed by atoms with van der Waals surface area (Å²) in [6.45, 7) is 5.64. The number of aliphatic hydroxyl groups is 1. The van der Waals surface area contributed by atoms with Crippen molar-refractivity contribution in [1.82, 2.24) is 9.88 Å². The molecule has 0 saturated carbocycles. The third kappa shape index (κ3) is 4.59. The predicted molar refractivity (Wildman–Crippen MR) is 103 cm³/mol. The van der Waals surface area contributed by atoms with E-state index in [1.165, 1.54) is 29.2 Å². The van der Waals surface area contributed by atoms with Gasteiger partial charge in [-0.15, -0.1) is 0 Å². The Morgan fingerprint density at radius 2 is 1.97 bits per heavy atom. The summed E-state index contributed by atoms with van der Waals surface area (Å²) in [6.07, 6.45) is 1.43. The van der Waals surface area contributed by atoms with E-state index in [2.05, 4.69) is 16.9 Å². The number of carbonyl (C=O) groups is 1. The third-order valence-electron chi connectivity index (χ3n) is 4.97. The van der Waals surface area contributed by atoms with E-state index >= 15 is 0 Å². The first-order valence-electron chi connectivity index (χ1n) is 9.22. The van der Waals surface area contributed by atoms with Crippen LogP contribution in [0.15, 0.2) is 48.8 Å². The van der Waals surface area contributed by atoms with Crippen molar-refractivity contribution in [3.63, 3.8) is 0 Å². The van der Waals surface area contributed by atoms with Crippen LogP contribution >= 0.6 is 0 Å². The van der Waals surface area contributed by atoms with Crippen LogP contribution in [0.5, 0.6) is 0 Å². The molecule has 2 aromatic rings. The molecule has 1 aliphatic rings. The van der Waals surface area contributed by atoms with Gasteiger partial charge in [-0.25, -0.2) is 4.39 Å². The summed E-state index contributed by atoms with van der Waals surface area (Å²) in [5, 5.41) is 12.1. The second-order valence-corrected chi connectivity index (χ2v) is 7.09. The first-order chi connectivity index (χ1) is 13.7. The number of alkyl halides is 2. The Kier molecular flexibility index (Phi) is 5.93. The number of amides is 1. The number of hydrogen-bond donors (Lipinski definition) is 2. The number of piperidine rings is 1. The highest BCUT2D eigenvalue weighted by Crippen LogP contribution is 2.37. The minimum Gasteiger partial charge on any atom is -0.393 e. The van der Waals surface area contributed by atoms with Gasteiger partial charge in [0.2, 0.25) is 0 Å². The number of nitrogens with one attached hydrogen (secondary N) is 1. The Morgan fingerprint density at radius 3 is 2.62 bits per heavy atom. The highest BCUT2D eigenvalue weighted by Gasteiger charge is 2.41. The molecule has 1 aliphatic heterocycles. The number of aryl methyl sites for hydroxylation is 1. The standard InChI is InChI=1S/C21H22F3N3O2/c1-13-11-16(3-4-18(13)22)26-20(29)15-5-8-25-19(12-15)21(23,24)14(2)27-9-6-17(28)7-10-27/h3-5,8,11-12,17,28H,2,6-7,9-10H2,1H3,(H,26,29). The fourth-order valence-electron chi connectivity index (χ4n) is 3.15. The molecule has 5 nitrogen and oxygen atoms in total. The number of pyridine rings is 1. The molecule has 1 aromatic heterocycles. The van der Waals surface area contributed by atoms with Gasteiger partial charge >= 0.3 is 5.92 Å². The SMILES string of the molecule is C=C(N1CCC(O)CC1)C(F)(F)c1cc(C(=O)Nc2ccc(F)c(C)c2)ccn1. The zero-order valence-electron chi connectivity index (χ0n) is 16.0. The highest BCUT2D eigenvalue weighted by molar-refractivity contribution is 6.04. The molecule has 0 spiro atoms. The Balaban J connectivity index is 1.77. The first-order valence-corrected chi connectivity index (χ1v) is 9.22. The molecule has 2 heterocycles. The topological polar surface area (TPSA) is 65.5 Å². The van der Waals surface area contributed by atoms with E-state index in [1.54, 1.807) is 6.92 Å². The summed E-state index contributed by atoms with van der Waals surface area (Å²) >= 11 is 0. The fourth-order valence-corrected chi connectivity index (χ4v) is 3.15. The zero-order valence-corrected chi connectivity index (χ0v) is 16.0. The van der Waals surface area contributed by atoms with Crippen molar-refractivity contribution in [3.8, 4) is 0 Å². The smallest absolute Gasteiger partial charge is 0.328 e. The molecule has 0 aliphatic carbocycles. The van der Waals surface area contributed by atoms with Crippen LogP contribution in [0.1, 0.15) is 34.5 Å². The van der Waals surface area contributed by atoms with Crippen molar-refractivity contribution in [2.24, 2.45) is 0 Å². The lowest BCUT2D eigenvalue weighted by Gasteiger charge is -2.35. The van der Waals surface area contributed by atoms with Crippen molar-refractivity contribution in [1.29, 1.82) is 0 Å². The van der Waals surface area contributed by atoms with Crippen molar-refractivity contribution in [3.05, 3.63) is 71.4 Å². The molecule has 0 atom stereocenters. The lowest BCUT2D eigenvalue weighted by Crippen LogP contribution is -2.40. The van der Waals surface area contributed by atoms with Crippen LogP contribution in [0.3, 0.4) is 0 Å². The first kappa shape index (κ1) is 20.9. The number of allylic oxidation sites excluding steroid dienone is 1. The van der Waals surface area contributed by atoms with Crippen LogP contribution < -0.4 is 5.32 Å². The molecule has 154 valence electrons. The van der Waals surface area contributed by atoms with Crippen molar-refractivity contribution in [2.45, 2.75) is 31.8 Å². The number of benzene rings is 1. The molecule has 1 saturated heterocycles. The Bertz CT molecular complexity index is 925. The minimum absolute atomic E-state index is 0.00137. The second-order valence-electron chi connectivity index (χ2n) is 7.09. The largest absolute Gasteiger partial charge is 0.393 e. The Labute approximate surface area is 166 Å². The van der Waals surface area contributed by atoms with Crippen LogP contribution in [0.4, 0.5) is 18.9 Å². The minimum atomic E-state index is -3.47. The predicted octanol–water partition coefficient (Wildman–Crippen LogP) is 3.84. The second kappa shape index (κ2) is 8.24. The van der Waals surface area contributed by atoms with Crippen LogP contribution in [0.25, 0.3) is 0 Å². The van der Waals surface area contributed by atoms with Gasteiger partial charge in [0.25, 0.3) is 5.91 Å². The molecule has 0 bridgehead atoms. The van der Waals surface area contributed by atoms with Gasteiger partial charge in [0.1, 0.15) is 11.5 Å². The maximum Gasteiger partial charge on any atom is 0.328 e. The van der Waals surface area contributed by atoms with Gasteiger partial charge in [-0.1, -0.05) is 6.58 Å². The van der Waals surface area contributed by atoms with Crippen LogP contribution in [-0.2, 0) is 5.92 Å². The summed E-state index contributed by atoms with van der Waals surface area (Å²) in [7, 11) is 0. The van der Waals surface area contributed by atoms with E-state index in [9.17, 15) is 23.1 Å². The average Bonchev–Trinajstić information content (AvgIpc) is 2.71. The van der Waals surface area contributed by atoms with E-state index < -0.39 is 35.1 Å². The van der Waals surface area contributed by atoms with Gasteiger partial charge in [-0.05, 0) is 55.7 Å². The number of anilines is 1. The number of likely N-dealkylation sites (tertiary alicyclic amines) is 1. The molecular formula is C21H22F3N3O2. The summed E-state index contributed by atoms with van der Waals surface area (Å²) in [6, 6.07) is 6.41. The van der Waals surface area contributed by atoms with E-state index in [0.717, 1.165) is 12.3 Å². The number of carbonyl (C=O) groups excluding carboxylic acids is 1. The van der Waals surface area contributed by atoms with E-state index in [4.69, 9.17) is 0 Å². The van der Waals surface area contributed by atoms with Crippen LogP contribution in [-0.4, -0.2) is 40.1 Å². The molecule has 8 heteroatoms. The molecule has 1 amide bonds. The van der Waals surface area contributed by atoms with Gasteiger partial charge in [0.05, 0.1) is 11.8 Å². The molecule has 0 radical (unpaired) electrons. The van der Waals surface area contributed by atoms with Gasteiger partial charge in [-0.3, -0.25) is 9.78 Å². The normalized spacial score (nSPS) is 15.3. The summed E-state index contributed by atoms with van der Waals surface area (Å²) in [5.74, 6) is -4.48. The number of hydrogen-bond acceptors (Lipinski definition) is 4. The van der Waals surface area contributed by atoms with Crippen molar-refractivity contribution < 1.29 is 23.1 Å². The molecule has 1 fully saturated rings. The van der Waals surface area contributed by atoms with Gasteiger partial charge in [0, 0.05) is 30.5 Å². The summed E-state index contributed by atoms with van der Waals surface area (Å²) in [4.78, 5) is 17.6. The van der Waals surface area contributed by atoms with Gasteiger partial charge < -0.3 is 15.3 Å². The Morgan fingerprint density at radius 1 is 1.28 bits per heavy atom. The molecule has 2 N–H and O–H groups in total. The molecular weight excluding hydrogens is 383 g/mol. The third-order valence-corrected chi connectivity index (χ3v) is 4.97. The molecule has 0 unspecified atom stereocenters. The Hall–Kier alpha value is -2.87. The lowest BCUT2D eigenvalue weighted by atomic mass is 10.0. The maximum absolute atomic E-state index is 15.0. The highest BCUT2D eigenvalue weighted by atomic mass is 19.3. The number of aliphatic hydroxyl groups excluding tert-OH is 1. The van der Waals surface area contributed by atoms with E-state index in [-0.39, 0.29) is 18.7 Å². The number of nitrogens with zero attached hydrogens (tertiary/aromatic N) is 2. The molecule has 29 heavy (non-hydrogen) atoms. The van der Waals surface area contributed by atoms with E-state index in [0.29, 0.717) is 24.1 Å². The van der Waals surface area contributed by atoms with Crippen LogP contribution in [0, 0.1) is 12.7 Å². The lowest BCUT2D eigenvalue weighted by molar-refractivity contribution is -0.00962. The van der Waals surface area contributed by atoms with E-state index in [1.807, 2.05) is 0 Å². The maximum atomic E-state index is 15.0. The van der Waals surface area contributed by atoms with Crippen molar-refractivity contribution >= 4 is 11.6 Å². The monoisotopic (exact) mass is 405 g/mol. The average molecular weight is 405 g/mol. The molecule has 1 aromatic carbocycles. The fraction of sp³-hybridized carbons (Fsp3) is 0.333. The van der Waals surface area contributed by atoms with Gasteiger partial charge in [-0.2, -0.15) is 8.78 Å². The number of rotatable bonds is 5. The van der Waals surface area contributed by atoms with Gasteiger partial charge in [0.15, 0.2) is 0 Å².